The fourth-order valence-electron chi connectivity index (χ4n) is 8.83. The smallest absolute Gasteiger partial charge is 0.342 e. The number of rotatable bonds is 25. The Hall–Kier alpha value is -9.89. The maximum absolute atomic E-state index is 16.5. The van der Waals surface area contributed by atoms with Crippen LogP contribution in [0, 0.1) is 18.6 Å². The van der Waals surface area contributed by atoms with E-state index in [4.69, 9.17) is 61.6 Å². The van der Waals surface area contributed by atoms with Gasteiger partial charge in [-0.05, 0) is 66.1 Å². The van der Waals surface area contributed by atoms with Crippen LogP contribution < -0.4 is 28.7 Å². The summed E-state index contributed by atoms with van der Waals surface area (Å²) in [6.07, 6.45) is 0. The summed E-state index contributed by atoms with van der Waals surface area (Å²) >= 11 is 0. The molecular formula is C56H56F2N2O24. The van der Waals surface area contributed by atoms with E-state index in [9.17, 15) is 52.7 Å². The van der Waals surface area contributed by atoms with Crippen LogP contribution in [0.15, 0.2) is 54.6 Å². The molecule has 0 aromatic heterocycles. The highest BCUT2D eigenvalue weighted by Gasteiger charge is 2.58. The summed E-state index contributed by atoms with van der Waals surface area (Å²) in [5.41, 5.74) is -4.11. The van der Waals surface area contributed by atoms with Gasteiger partial charge in [-0.2, -0.15) is 0 Å². The Morgan fingerprint density at radius 3 is 1.27 bits per heavy atom. The largest absolute Gasteiger partial charge is 0.490 e. The number of aryl methyl sites for hydroxylation is 1. The minimum atomic E-state index is -2.42. The van der Waals surface area contributed by atoms with Crippen molar-refractivity contribution in [1.29, 1.82) is 0 Å². The third-order valence-electron chi connectivity index (χ3n) is 12.3. The Bertz CT molecular complexity index is 3160. The molecule has 84 heavy (non-hydrogen) atoms. The highest BCUT2D eigenvalue weighted by atomic mass is 19.1. The number of esters is 11. The third kappa shape index (κ3) is 15.6. The number of halogens is 2. The second kappa shape index (κ2) is 27.3. The standard InChI is InChI=1S/C56H56F2N2O24/c1-29-10-11-44(59(21-49(67)78-25-74-30(2)61)22-50(68)79-26-75-31(3)62)48(14-29)73-13-12-72-36-15-41-53(45(16-36)60(23-51(69)80-27-76-32(4)63)24-52(70)81-28-77-33(5)64)54(71)84-56(41)39-17-42(57)46(82-34(6)65)19-37(39)55(8,9)38-20-47(83-35(7)66)43(58)18-40(38)56/h10-11,14-20H,12-13,21-28H2,1-9H3. The highest BCUT2D eigenvalue weighted by Crippen LogP contribution is 2.60. The number of anilines is 2. The van der Waals surface area contributed by atoms with Gasteiger partial charge in [-0.15, -0.1) is 0 Å². The second-order valence-electron chi connectivity index (χ2n) is 18.9. The van der Waals surface area contributed by atoms with Gasteiger partial charge in [-0.3, -0.25) is 47.9 Å². The van der Waals surface area contributed by atoms with Crippen molar-refractivity contribution in [2.75, 3.05) is 76.4 Å². The van der Waals surface area contributed by atoms with Crippen molar-refractivity contribution in [3.63, 3.8) is 0 Å². The Labute approximate surface area is 476 Å². The molecule has 0 radical (unpaired) electrons. The normalized spacial score (nSPS) is 12.8. The van der Waals surface area contributed by atoms with Gasteiger partial charge in [0.1, 0.15) is 50.9 Å². The number of nitrogens with zero attached hydrogens (tertiary/aromatic N) is 2. The Kier molecular flexibility index (Phi) is 20.5. The number of hydrogen-bond donors (Lipinski definition) is 0. The van der Waals surface area contributed by atoms with Gasteiger partial charge >= 0.3 is 65.7 Å². The van der Waals surface area contributed by atoms with Gasteiger partial charge in [-0.25, -0.2) is 13.6 Å². The van der Waals surface area contributed by atoms with Crippen LogP contribution in [-0.4, -0.2) is 132 Å². The fourth-order valence-corrected chi connectivity index (χ4v) is 8.83. The van der Waals surface area contributed by atoms with Gasteiger partial charge in [0.15, 0.2) is 28.7 Å². The lowest BCUT2D eigenvalue weighted by atomic mass is 9.61. The molecule has 4 aromatic carbocycles. The van der Waals surface area contributed by atoms with E-state index in [1.807, 2.05) is 0 Å². The molecule has 6 rings (SSSR count). The van der Waals surface area contributed by atoms with Gasteiger partial charge in [0.05, 0.1) is 16.9 Å². The topological polar surface area (TPSA) is 314 Å². The van der Waals surface area contributed by atoms with Gasteiger partial charge in [-0.1, -0.05) is 19.9 Å². The van der Waals surface area contributed by atoms with E-state index in [1.54, 1.807) is 26.8 Å². The summed E-state index contributed by atoms with van der Waals surface area (Å²) < 4.78 is 102. The minimum absolute atomic E-state index is 0.0424. The first-order valence-electron chi connectivity index (χ1n) is 25.1. The molecule has 1 aliphatic carbocycles. The Balaban J connectivity index is 1.52. The van der Waals surface area contributed by atoms with Crippen molar-refractivity contribution in [3.05, 3.63) is 105 Å². The summed E-state index contributed by atoms with van der Waals surface area (Å²) in [5.74, 6) is -14.0. The maximum Gasteiger partial charge on any atom is 0.342 e. The molecule has 0 unspecified atom stereocenters. The van der Waals surface area contributed by atoms with Crippen molar-refractivity contribution in [2.24, 2.45) is 0 Å². The lowest BCUT2D eigenvalue weighted by Gasteiger charge is -2.44. The zero-order chi connectivity index (χ0) is 61.8. The number of carbonyl (C=O) groups excluding carboxylic acids is 11. The SMILES string of the molecule is CC(=O)OCOC(=O)CN(CC(=O)OCOC(C)=O)c1ccc(C)cc1OCCOc1cc(N(CC(=O)OCOC(C)=O)CC(=O)OCOC(C)=O)c2c(c1)C1(OC2=O)c2cc(F)c(OC(C)=O)cc2C(C)(C)c2cc(OC(C)=O)c(F)cc21. The van der Waals surface area contributed by atoms with Crippen LogP contribution in [0.25, 0.3) is 0 Å². The molecule has 0 saturated carbocycles. The number of carbonyl (C=O) groups is 11. The number of ether oxygens (including phenoxy) is 13. The summed E-state index contributed by atoms with van der Waals surface area (Å²) in [4.78, 5) is 141. The molecule has 0 N–H and O–H groups in total. The van der Waals surface area contributed by atoms with Gasteiger partial charge in [0, 0.05) is 69.7 Å². The van der Waals surface area contributed by atoms with Crippen LogP contribution in [0.5, 0.6) is 23.0 Å². The van der Waals surface area contributed by atoms with Crippen LogP contribution >= 0.6 is 0 Å². The summed E-state index contributed by atoms with van der Waals surface area (Å²) in [5, 5.41) is 0. The molecule has 1 aliphatic heterocycles. The molecule has 448 valence electrons. The van der Waals surface area contributed by atoms with Crippen molar-refractivity contribution >= 4 is 77.0 Å². The van der Waals surface area contributed by atoms with Crippen LogP contribution in [-0.2, 0) is 102 Å². The van der Waals surface area contributed by atoms with E-state index in [1.165, 1.54) is 41.3 Å². The first kappa shape index (κ1) is 63.3. The van der Waals surface area contributed by atoms with Gasteiger partial charge < -0.3 is 71.4 Å². The maximum atomic E-state index is 16.5. The summed E-state index contributed by atoms with van der Waals surface area (Å²) in [7, 11) is 0. The summed E-state index contributed by atoms with van der Waals surface area (Å²) in [6.45, 7) is 3.97. The molecule has 0 saturated heterocycles. The monoisotopic (exact) mass is 1180 g/mol. The van der Waals surface area contributed by atoms with Crippen molar-refractivity contribution in [2.45, 2.75) is 73.3 Å². The van der Waals surface area contributed by atoms with Gasteiger partial charge in [0.2, 0.25) is 27.2 Å². The molecule has 2 aliphatic rings. The molecule has 26 nitrogen and oxygen atoms in total. The van der Waals surface area contributed by atoms with Crippen molar-refractivity contribution in [3.8, 4) is 23.0 Å². The average Bonchev–Trinajstić information content (AvgIpc) is 1.43. The van der Waals surface area contributed by atoms with E-state index in [2.05, 4.69) is 0 Å². The van der Waals surface area contributed by atoms with Gasteiger partial charge in [0.25, 0.3) is 0 Å². The first-order valence-corrected chi connectivity index (χ1v) is 25.1. The molecule has 0 atom stereocenters. The van der Waals surface area contributed by atoms with Crippen molar-refractivity contribution in [1.82, 2.24) is 0 Å². The first-order chi connectivity index (χ1) is 39.6. The van der Waals surface area contributed by atoms with Crippen LogP contribution in [0.2, 0.25) is 0 Å². The predicted octanol–water partition coefficient (Wildman–Crippen LogP) is 4.55. The molecule has 1 heterocycles. The third-order valence-corrected chi connectivity index (χ3v) is 12.3. The number of benzene rings is 4. The van der Waals surface area contributed by atoms with Crippen LogP contribution in [0.1, 0.15) is 99.1 Å². The molecule has 1 spiro atoms. The molecule has 28 heteroatoms. The van der Waals surface area contributed by atoms with Crippen LogP contribution in [0.3, 0.4) is 0 Å². The van der Waals surface area contributed by atoms with E-state index >= 15 is 8.78 Å². The summed E-state index contributed by atoms with van der Waals surface area (Å²) in [6, 6.07) is 11.3. The molecule has 4 aromatic rings. The Morgan fingerprint density at radius 1 is 0.464 bits per heavy atom. The Morgan fingerprint density at radius 2 is 0.869 bits per heavy atom. The lowest BCUT2D eigenvalue weighted by Crippen LogP contribution is -2.42. The zero-order valence-electron chi connectivity index (χ0n) is 46.7. The minimum Gasteiger partial charge on any atom is -0.490 e. The quantitative estimate of drug-likeness (QED) is 0.0289. The fraction of sp³-hybridized carbons (Fsp3) is 0.375. The second-order valence-corrected chi connectivity index (χ2v) is 18.9. The molecule has 0 amide bonds. The lowest BCUT2D eigenvalue weighted by molar-refractivity contribution is -0.167. The predicted molar refractivity (Wildman–Crippen MR) is 277 cm³/mol. The molecule has 0 fully saturated rings. The van der Waals surface area contributed by atoms with Crippen molar-refractivity contribution < 1.29 is 123 Å². The van der Waals surface area contributed by atoms with E-state index in [-0.39, 0.29) is 57.3 Å². The van der Waals surface area contributed by atoms with Crippen LogP contribution in [0.4, 0.5) is 20.2 Å². The molecular weight excluding hydrogens is 1120 g/mol. The number of fused-ring (bicyclic) bond motifs is 6. The average molecular weight is 1180 g/mol. The highest BCUT2D eigenvalue weighted by molar-refractivity contribution is 6.04. The van der Waals surface area contributed by atoms with E-state index < -0.39 is 165 Å². The van der Waals surface area contributed by atoms with E-state index in [0.29, 0.717) is 5.56 Å². The zero-order valence-corrected chi connectivity index (χ0v) is 46.7. The number of hydrogen-bond acceptors (Lipinski definition) is 26. The molecule has 0 bridgehead atoms. The van der Waals surface area contributed by atoms with E-state index in [0.717, 1.165) is 58.6 Å².